The van der Waals surface area contributed by atoms with Gasteiger partial charge in [-0.3, -0.25) is 4.79 Å². The lowest BCUT2D eigenvalue weighted by Gasteiger charge is -2.37. The molecule has 3 nitrogen and oxygen atoms in total. The van der Waals surface area contributed by atoms with Crippen molar-refractivity contribution < 1.29 is 18.0 Å². The normalized spacial score (nSPS) is 32.9. The molecule has 2 heterocycles. The molecule has 2 atom stereocenters. The summed E-state index contributed by atoms with van der Waals surface area (Å²) in [5.74, 6) is -0.360. The van der Waals surface area contributed by atoms with Gasteiger partial charge in [-0.05, 0) is 25.7 Å². The third kappa shape index (κ3) is 2.91. The summed E-state index contributed by atoms with van der Waals surface area (Å²) in [5.41, 5.74) is 5.84. The molecule has 0 aliphatic carbocycles. The van der Waals surface area contributed by atoms with E-state index in [1.165, 1.54) is 0 Å². The number of piperidine rings is 1. The van der Waals surface area contributed by atoms with E-state index in [9.17, 15) is 18.0 Å². The first-order valence-electron chi connectivity index (χ1n) is 6.00. The molecule has 2 aliphatic heterocycles. The van der Waals surface area contributed by atoms with Crippen LogP contribution in [0.3, 0.4) is 0 Å². The van der Waals surface area contributed by atoms with E-state index in [4.69, 9.17) is 5.73 Å². The van der Waals surface area contributed by atoms with Crippen molar-refractivity contribution in [1.29, 1.82) is 0 Å². The highest BCUT2D eigenvalue weighted by Crippen LogP contribution is 2.36. The van der Waals surface area contributed by atoms with Crippen LogP contribution in [0.2, 0.25) is 0 Å². The zero-order valence-corrected chi connectivity index (χ0v) is 9.54. The topological polar surface area (TPSA) is 46.3 Å². The first kappa shape index (κ1) is 12.7. The van der Waals surface area contributed by atoms with Crippen LogP contribution in [0.15, 0.2) is 0 Å². The second kappa shape index (κ2) is 4.48. The van der Waals surface area contributed by atoms with E-state index in [-0.39, 0.29) is 24.0 Å². The molecule has 0 spiro atoms. The standard InChI is InChI=1S/C11H17F3N2O/c12-11(13,14)4-3-10(17)16-8-1-2-9(16)6-7(15)5-8/h7-9H,1-6,15H2. The second-order valence-electron chi connectivity index (χ2n) is 5.03. The molecule has 1 amide bonds. The lowest BCUT2D eigenvalue weighted by atomic mass is 9.97. The Kier molecular flexibility index (Phi) is 3.34. The van der Waals surface area contributed by atoms with Crippen molar-refractivity contribution in [3.05, 3.63) is 0 Å². The molecule has 0 aromatic rings. The van der Waals surface area contributed by atoms with Crippen molar-refractivity contribution in [3.8, 4) is 0 Å². The van der Waals surface area contributed by atoms with Crippen LogP contribution >= 0.6 is 0 Å². The predicted octanol–water partition coefficient (Wildman–Crippen LogP) is 1.81. The Labute approximate surface area is 98.1 Å². The molecule has 6 heteroatoms. The fraction of sp³-hybridized carbons (Fsp3) is 0.909. The number of hydrogen-bond acceptors (Lipinski definition) is 2. The fourth-order valence-corrected chi connectivity index (χ4v) is 3.00. The summed E-state index contributed by atoms with van der Waals surface area (Å²) in [6.45, 7) is 0. The monoisotopic (exact) mass is 250 g/mol. The molecule has 0 radical (unpaired) electrons. The summed E-state index contributed by atoms with van der Waals surface area (Å²) in [4.78, 5) is 13.5. The molecular formula is C11H17F3N2O. The Morgan fingerprint density at radius 2 is 1.76 bits per heavy atom. The molecule has 2 fully saturated rings. The van der Waals surface area contributed by atoms with Gasteiger partial charge >= 0.3 is 6.18 Å². The van der Waals surface area contributed by atoms with Gasteiger partial charge in [-0.2, -0.15) is 13.2 Å². The fourth-order valence-electron chi connectivity index (χ4n) is 3.00. The number of amides is 1. The number of alkyl halides is 3. The largest absolute Gasteiger partial charge is 0.389 e. The number of rotatable bonds is 2. The summed E-state index contributed by atoms with van der Waals surface area (Å²) in [7, 11) is 0. The minimum atomic E-state index is -4.25. The van der Waals surface area contributed by atoms with Gasteiger partial charge < -0.3 is 10.6 Å². The van der Waals surface area contributed by atoms with Crippen LogP contribution in [0.25, 0.3) is 0 Å². The number of halogens is 3. The number of nitrogens with two attached hydrogens (primary N) is 1. The molecule has 2 rings (SSSR count). The van der Waals surface area contributed by atoms with Gasteiger partial charge in [0.25, 0.3) is 0 Å². The average Bonchev–Trinajstić information content (AvgIpc) is 2.47. The van der Waals surface area contributed by atoms with E-state index in [0.29, 0.717) is 0 Å². The minimum absolute atomic E-state index is 0.0736. The summed E-state index contributed by atoms with van der Waals surface area (Å²) in [6.07, 6.45) is -2.46. The van der Waals surface area contributed by atoms with Gasteiger partial charge in [-0.15, -0.1) is 0 Å². The van der Waals surface area contributed by atoms with Crippen molar-refractivity contribution in [2.24, 2.45) is 5.73 Å². The smallest absolute Gasteiger partial charge is 0.337 e. The maximum atomic E-state index is 12.1. The second-order valence-corrected chi connectivity index (χ2v) is 5.03. The molecule has 2 bridgehead atoms. The number of fused-ring (bicyclic) bond motifs is 2. The van der Waals surface area contributed by atoms with E-state index in [1.54, 1.807) is 4.90 Å². The van der Waals surface area contributed by atoms with Crippen LogP contribution in [0.1, 0.15) is 38.5 Å². The van der Waals surface area contributed by atoms with Crippen molar-refractivity contribution in [2.75, 3.05) is 0 Å². The highest BCUT2D eigenvalue weighted by molar-refractivity contribution is 5.77. The number of carbonyl (C=O) groups excluding carboxylic acids is 1. The lowest BCUT2D eigenvalue weighted by Crippen LogP contribution is -2.50. The number of hydrogen-bond donors (Lipinski definition) is 1. The molecule has 0 aromatic heterocycles. The molecule has 98 valence electrons. The summed E-state index contributed by atoms with van der Waals surface area (Å²) >= 11 is 0. The Morgan fingerprint density at radius 1 is 1.24 bits per heavy atom. The van der Waals surface area contributed by atoms with Gasteiger partial charge in [-0.1, -0.05) is 0 Å². The quantitative estimate of drug-likeness (QED) is 0.812. The first-order valence-corrected chi connectivity index (χ1v) is 6.00. The van der Waals surface area contributed by atoms with E-state index in [1.807, 2.05) is 0 Å². The van der Waals surface area contributed by atoms with Crippen LogP contribution in [-0.4, -0.2) is 35.1 Å². The van der Waals surface area contributed by atoms with Crippen LogP contribution in [-0.2, 0) is 4.79 Å². The van der Waals surface area contributed by atoms with E-state index >= 15 is 0 Å². The molecule has 17 heavy (non-hydrogen) atoms. The molecule has 2 saturated heterocycles. The predicted molar refractivity (Wildman–Crippen MR) is 56.2 cm³/mol. The zero-order valence-electron chi connectivity index (χ0n) is 9.54. The third-order valence-corrected chi connectivity index (χ3v) is 3.68. The van der Waals surface area contributed by atoms with Crippen LogP contribution in [0.5, 0.6) is 0 Å². The van der Waals surface area contributed by atoms with Gasteiger partial charge in [-0.25, -0.2) is 0 Å². The van der Waals surface area contributed by atoms with Gasteiger partial charge in [0.05, 0.1) is 6.42 Å². The summed E-state index contributed by atoms with van der Waals surface area (Å²) < 4.78 is 36.2. The number of nitrogens with zero attached hydrogens (tertiary/aromatic N) is 1. The minimum Gasteiger partial charge on any atom is -0.337 e. The molecule has 2 N–H and O–H groups in total. The van der Waals surface area contributed by atoms with E-state index < -0.39 is 19.0 Å². The van der Waals surface area contributed by atoms with Gasteiger partial charge in [0.1, 0.15) is 0 Å². The maximum absolute atomic E-state index is 12.1. The molecular weight excluding hydrogens is 233 g/mol. The average molecular weight is 250 g/mol. The lowest BCUT2D eigenvalue weighted by molar-refractivity contribution is -0.151. The van der Waals surface area contributed by atoms with E-state index in [0.717, 1.165) is 25.7 Å². The van der Waals surface area contributed by atoms with Crippen molar-refractivity contribution in [1.82, 2.24) is 4.90 Å². The molecule has 0 saturated carbocycles. The highest BCUT2D eigenvalue weighted by Gasteiger charge is 2.42. The molecule has 2 unspecified atom stereocenters. The summed E-state index contributed by atoms with van der Waals surface area (Å²) in [5, 5.41) is 0. The van der Waals surface area contributed by atoms with Crippen LogP contribution < -0.4 is 5.73 Å². The van der Waals surface area contributed by atoms with Gasteiger partial charge in [0, 0.05) is 24.5 Å². The Hall–Kier alpha value is -0.780. The zero-order chi connectivity index (χ0) is 12.6. The van der Waals surface area contributed by atoms with Crippen molar-refractivity contribution in [3.63, 3.8) is 0 Å². The first-order chi connectivity index (χ1) is 7.87. The Balaban J connectivity index is 1.92. The van der Waals surface area contributed by atoms with E-state index in [2.05, 4.69) is 0 Å². The third-order valence-electron chi connectivity index (χ3n) is 3.68. The molecule has 2 aliphatic rings. The van der Waals surface area contributed by atoms with Crippen LogP contribution in [0, 0.1) is 0 Å². The SMILES string of the molecule is NC1CC2CCC(C1)N2C(=O)CCC(F)(F)F. The highest BCUT2D eigenvalue weighted by atomic mass is 19.4. The van der Waals surface area contributed by atoms with Crippen molar-refractivity contribution in [2.45, 2.75) is 62.8 Å². The van der Waals surface area contributed by atoms with Crippen molar-refractivity contribution >= 4 is 5.91 Å². The van der Waals surface area contributed by atoms with Gasteiger partial charge in [0.2, 0.25) is 5.91 Å². The number of carbonyl (C=O) groups is 1. The molecule has 0 aromatic carbocycles. The Bertz CT molecular complexity index is 292. The van der Waals surface area contributed by atoms with Crippen LogP contribution in [0.4, 0.5) is 13.2 Å². The van der Waals surface area contributed by atoms with Gasteiger partial charge in [0.15, 0.2) is 0 Å². The summed E-state index contributed by atoms with van der Waals surface area (Å²) in [6, 6.07) is 0.244. The maximum Gasteiger partial charge on any atom is 0.389 e. The Morgan fingerprint density at radius 3 is 2.24 bits per heavy atom.